The van der Waals surface area contributed by atoms with E-state index in [9.17, 15) is 13.2 Å². The summed E-state index contributed by atoms with van der Waals surface area (Å²) in [5.41, 5.74) is 0. The highest BCUT2D eigenvalue weighted by atomic mass is 32.2. The lowest BCUT2D eigenvalue weighted by Crippen LogP contribution is -2.41. The van der Waals surface area contributed by atoms with Crippen molar-refractivity contribution in [3.05, 3.63) is 0 Å². The van der Waals surface area contributed by atoms with Gasteiger partial charge in [0.25, 0.3) is 10.1 Å². The molecule has 0 amide bonds. The summed E-state index contributed by atoms with van der Waals surface area (Å²) < 4.78 is 29.1. The molecule has 4 nitrogen and oxygen atoms in total. The van der Waals surface area contributed by atoms with Crippen LogP contribution in [0.4, 0.5) is 0 Å². The Balaban J connectivity index is 2.96. The highest BCUT2D eigenvalue weighted by molar-refractivity contribution is 7.88. The van der Waals surface area contributed by atoms with Crippen molar-refractivity contribution in [2.24, 2.45) is 0 Å². The first-order valence-corrected chi connectivity index (χ1v) is 5.39. The van der Waals surface area contributed by atoms with Gasteiger partial charge < -0.3 is 4.79 Å². The van der Waals surface area contributed by atoms with Crippen molar-refractivity contribution >= 4 is 16.4 Å². The third kappa shape index (κ3) is 1.51. The molecule has 0 radical (unpaired) electrons. The average molecular weight is 192 g/mol. The maximum atomic E-state index is 10.9. The molecule has 5 heteroatoms. The zero-order chi connectivity index (χ0) is 9.24. The van der Waals surface area contributed by atoms with E-state index in [1.807, 2.05) is 0 Å². The van der Waals surface area contributed by atoms with Crippen LogP contribution in [-0.2, 0) is 14.9 Å². The van der Waals surface area contributed by atoms with Crippen LogP contribution in [0.5, 0.6) is 0 Å². The largest absolute Gasteiger partial charge is 0.302 e. The van der Waals surface area contributed by atoms with Crippen LogP contribution < -0.4 is 0 Å². The Bertz CT molecular complexity index is 261. The number of rotatable bonds is 2. The van der Waals surface area contributed by atoms with E-state index in [2.05, 4.69) is 0 Å². The molecule has 0 aromatic heterocycles. The molecule has 0 bridgehead atoms. The predicted octanol–water partition coefficient (Wildman–Crippen LogP) is 0.776. The Morgan fingerprint density at radius 3 is 1.92 bits per heavy atom. The van der Waals surface area contributed by atoms with Gasteiger partial charge in [-0.15, -0.1) is 0 Å². The van der Waals surface area contributed by atoms with Crippen LogP contribution >= 0.6 is 0 Å². The highest BCUT2D eigenvalue weighted by Gasteiger charge is 2.43. The summed E-state index contributed by atoms with van der Waals surface area (Å²) in [4.78, 5) is 10.6. The lowest BCUT2D eigenvalue weighted by Gasteiger charge is -2.28. The number of hydrogen-bond donors (Lipinski definition) is 1. The standard InChI is InChI=1S/C7H12O4S/c8-6-7(12(9,10)11)4-2-1-3-5-7/h6H,1-5H2,(H,9,10,11). The van der Waals surface area contributed by atoms with Crippen molar-refractivity contribution in [2.45, 2.75) is 36.9 Å². The van der Waals surface area contributed by atoms with Gasteiger partial charge >= 0.3 is 0 Å². The third-order valence-electron chi connectivity index (χ3n) is 2.43. The van der Waals surface area contributed by atoms with Crippen molar-refractivity contribution < 1.29 is 17.8 Å². The van der Waals surface area contributed by atoms with Crippen molar-refractivity contribution in [1.82, 2.24) is 0 Å². The van der Waals surface area contributed by atoms with Crippen LogP contribution in [0.1, 0.15) is 32.1 Å². The molecular formula is C7H12O4S. The molecule has 0 spiro atoms. The zero-order valence-electron chi connectivity index (χ0n) is 6.69. The van der Waals surface area contributed by atoms with Crippen LogP contribution in [0, 0.1) is 0 Å². The number of carbonyl (C=O) groups is 1. The Hall–Kier alpha value is -0.420. The quantitative estimate of drug-likeness (QED) is 0.518. The van der Waals surface area contributed by atoms with Crippen molar-refractivity contribution in [1.29, 1.82) is 0 Å². The van der Waals surface area contributed by atoms with Crippen molar-refractivity contribution in [3.63, 3.8) is 0 Å². The minimum Gasteiger partial charge on any atom is -0.302 e. The van der Waals surface area contributed by atoms with Crippen LogP contribution in [0.25, 0.3) is 0 Å². The second kappa shape index (κ2) is 3.14. The van der Waals surface area contributed by atoms with Gasteiger partial charge in [-0.1, -0.05) is 19.3 Å². The Labute approximate surface area is 71.7 Å². The van der Waals surface area contributed by atoms with E-state index in [1.165, 1.54) is 0 Å². The number of hydrogen-bond acceptors (Lipinski definition) is 3. The summed E-state index contributed by atoms with van der Waals surface area (Å²) in [6, 6.07) is 0. The molecule has 1 rings (SSSR count). The van der Waals surface area contributed by atoms with Crippen LogP contribution in [0.3, 0.4) is 0 Å². The maximum absolute atomic E-state index is 10.9. The van der Waals surface area contributed by atoms with Gasteiger partial charge in [-0.2, -0.15) is 8.42 Å². The summed E-state index contributed by atoms with van der Waals surface area (Å²) in [5.74, 6) is 0. The number of aldehydes is 1. The lowest BCUT2D eigenvalue weighted by atomic mass is 9.89. The second-order valence-corrected chi connectivity index (χ2v) is 4.98. The fourth-order valence-electron chi connectivity index (χ4n) is 1.59. The highest BCUT2D eigenvalue weighted by Crippen LogP contribution is 2.32. The smallest absolute Gasteiger partial charge is 0.277 e. The predicted molar refractivity (Wildman–Crippen MR) is 43.4 cm³/mol. The minimum atomic E-state index is -4.21. The summed E-state index contributed by atoms with van der Waals surface area (Å²) in [6.45, 7) is 0. The van der Waals surface area contributed by atoms with Gasteiger partial charge in [-0.25, -0.2) is 0 Å². The van der Waals surface area contributed by atoms with Crippen molar-refractivity contribution in [2.75, 3.05) is 0 Å². The molecule has 70 valence electrons. The zero-order valence-corrected chi connectivity index (χ0v) is 7.51. The minimum absolute atomic E-state index is 0.259. The third-order valence-corrected chi connectivity index (χ3v) is 3.96. The van der Waals surface area contributed by atoms with Crippen LogP contribution in [0.2, 0.25) is 0 Å². The topological polar surface area (TPSA) is 71.4 Å². The first kappa shape index (κ1) is 9.67. The molecule has 0 saturated heterocycles. The van der Waals surface area contributed by atoms with Gasteiger partial charge in [-0.3, -0.25) is 4.55 Å². The maximum Gasteiger partial charge on any atom is 0.277 e. The second-order valence-electron chi connectivity index (χ2n) is 3.22. The fraction of sp³-hybridized carbons (Fsp3) is 0.857. The lowest BCUT2D eigenvalue weighted by molar-refractivity contribution is -0.110. The van der Waals surface area contributed by atoms with E-state index in [0.717, 1.165) is 6.42 Å². The molecule has 0 unspecified atom stereocenters. The van der Waals surface area contributed by atoms with E-state index in [0.29, 0.717) is 19.1 Å². The average Bonchev–Trinajstić information content (AvgIpc) is 2.04. The Morgan fingerprint density at radius 2 is 1.67 bits per heavy atom. The fourth-order valence-corrected chi connectivity index (χ4v) is 2.51. The van der Waals surface area contributed by atoms with E-state index >= 15 is 0 Å². The van der Waals surface area contributed by atoms with Gasteiger partial charge in [0.05, 0.1) is 0 Å². The van der Waals surface area contributed by atoms with Crippen LogP contribution in [-0.4, -0.2) is 24.0 Å². The van der Waals surface area contributed by atoms with Gasteiger partial charge in [-0.05, 0) is 12.8 Å². The van der Waals surface area contributed by atoms with Gasteiger partial charge in [0, 0.05) is 0 Å². The van der Waals surface area contributed by atoms with E-state index in [1.54, 1.807) is 0 Å². The monoisotopic (exact) mass is 192 g/mol. The van der Waals surface area contributed by atoms with E-state index in [4.69, 9.17) is 4.55 Å². The van der Waals surface area contributed by atoms with E-state index < -0.39 is 14.9 Å². The van der Waals surface area contributed by atoms with E-state index in [-0.39, 0.29) is 12.8 Å². The molecule has 1 fully saturated rings. The van der Waals surface area contributed by atoms with Crippen molar-refractivity contribution in [3.8, 4) is 0 Å². The first-order chi connectivity index (χ1) is 5.52. The first-order valence-electron chi connectivity index (χ1n) is 3.95. The van der Waals surface area contributed by atoms with Gasteiger partial charge in [0.1, 0.15) is 6.29 Å². The molecule has 1 aliphatic carbocycles. The number of carbonyl (C=O) groups excluding carboxylic acids is 1. The molecule has 0 heterocycles. The summed E-state index contributed by atoms with van der Waals surface area (Å²) in [6.07, 6.45) is 3.22. The molecule has 1 saturated carbocycles. The molecular weight excluding hydrogens is 180 g/mol. The molecule has 12 heavy (non-hydrogen) atoms. The van der Waals surface area contributed by atoms with Gasteiger partial charge in [0.2, 0.25) is 0 Å². The molecule has 1 aliphatic rings. The van der Waals surface area contributed by atoms with Gasteiger partial charge in [0.15, 0.2) is 4.75 Å². The Kier molecular flexibility index (Phi) is 2.53. The summed E-state index contributed by atoms with van der Waals surface area (Å²) in [7, 11) is -4.21. The SMILES string of the molecule is O=CC1(S(=O)(=O)O)CCCCC1. The van der Waals surface area contributed by atoms with Crippen LogP contribution in [0.15, 0.2) is 0 Å². The normalized spacial score (nSPS) is 23.4. The Morgan fingerprint density at radius 1 is 1.17 bits per heavy atom. The summed E-state index contributed by atoms with van der Waals surface area (Å²) >= 11 is 0. The summed E-state index contributed by atoms with van der Waals surface area (Å²) in [5, 5.41) is 0. The molecule has 1 N–H and O–H groups in total. The molecule has 0 atom stereocenters. The molecule has 0 aromatic carbocycles. The molecule has 0 aliphatic heterocycles. The molecule has 0 aromatic rings.